The Balaban J connectivity index is 2.30. The summed E-state index contributed by atoms with van der Waals surface area (Å²) in [6, 6.07) is 13.0. The average molecular weight is 438 g/mol. The summed E-state index contributed by atoms with van der Waals surface area (Å²) >= 11 is 4.53. The number of sulfone groups is 1. The van der Waals surface area contributed by atoms with Gasteiger partial charge in [-0.1, -0.05) is 24.3 Å². The van der Waals surface area contributed by atoms with Gasteiger partial charge in [-0.3, -0.25) is 0 Å². The second-order valence-corrected chi connectivity index (χ2v) is 9.19. The lowest BCUT2D eigenvalue weighted by molar-refractivity contribution is -0.143. The summed E-state index contributed by atoms with van der Waals surface area (Å²) in [6.07, 6.45) is -0.593. The predicted octanol–water partition coefficient (Wildman–Crippen LogP) is 2.55. The van der Waals surface area contributed by atoms with Crippen LogP contribution in [0.15, 0.2) is 58.3 Å². The molecule has 0 saturated carbocycles. The van der Waals surface area contributed by atoms with Crippen LogP contribution in [-0.2, 0) is 24.1 Å². The maximum Gasteiger partial charge on any atom is 0.348 e. The molecular weight excluding hydrogens is 414 g/mol. The molecule has 0 radical (unpaired) electrons. The van der Waals surface area contributed by atoms with Gasteiger partial charge in [0.2, 0.25) is 14.7 Å². The van der Waals surface area contributed by atoms with E-state index in [0.29, 0.717) is 16.3 Å². The van der Waals surface area contributed by atoms with Crippen LogP contribution in [0, 0.1) is 0 Å². The van der Waals surface area contributed by atoms with E-state index >= 15 is 0 Å². The third-order valence-corrected chi connectivity index (χ3v) is 7.94. The number of nitrogens with zero attached hydrogens (tertiary/aromatic N) is 1. The number of ether oxygens (including phenoxy) is 3. The van der Waals surface area contributed by atoms with Crippen LogP contribution in [0.5, 0.6) is 5.75 Å². The first-order valence-corrected chi connectivity index (χ1v) is 10.8. The van der Waals surface area contributed by atoms with Gasteiger partial charge >= 0.3 is 5.97 Å². The lowest BCUT2D eigenvalue weighted by Crippen LogP contribution is -2.57. The minimum absolute atomic E-state index is 0.0239. The van der Waals surface area contributed by atoms with Gasteiger partial charge in [0.1, 0.15) is 5.75 Å². The van der Waals surface area contributed by atoms with Crippen LogP contribution in [0.3, 0.4) is 0 Å². The van der Waals surface area contributed by atoms with Crippen molar-refractivity contribution in [2.24, 2.45) is 0 Å². The van der Waals surface area contributed by atoms with Crippen molar-refractivity contribution in [1.82, 2.24) is 0 Å². The van der Waals surface area contributed by atoms with Crippen molar-refractivity contribution in [1.29, 1.82) is 0 Å². The fraction of sp³-hybridized carbons (Fsp3) is 0.350. The Hall–Kier alpha value is -2.23. The molecule has 2 aromatic rings. The summed E-state index contributed by atoms with van der Waals surface area (Å²) in [7, 11) is -0.0353. The maximum absolute atomic E-state index is 13.8. The molecule has 9 heteroatoms. The van der Waals surface area contributed by atoms with Crippen LogP contribution in [0.4, 0.5) is 5.69 Å². The minimum atomic E-state index is -4.19. The number of carbonyl (C=O) groups excluding carboxylic acids is 1. The van der Waals surface area contributed by atoms with E-state index in [1.54, 1.807) is 36.4 Å². The first-order valence-electron chi connectivity index (χ1n) is 8.88. The molecule has 0 spiro atoms. The molecule has 3 rings (SSSR count). The number of benzene rings is 2. The summed E-state index contributed by atoms with van der Waals surface area (Å²) in [5.74, 6) is -0.418. The lowest BCUT2D eigenvalue weighted by atomic mass is 10.1. The fourth-order valence-electron chi connectivity index (χ4n) is 3.69. The number of hydrogen-bond donors (Lipinski definition) is 1. The second-order valence-electron chi connectivity index (χ2n) is 6.59. The normalized spacial score (nSPS) is 21.8. The lowest BCUT2D eigenvalue weighted by Gasteiger charge is -2.37. The number of methoxy groups -OCH3 is 3. The van der Waals surface area contributed by atoms with E-state index < -0.39 is 26.8 Å². The first kappa shape index (κ1) is 21.5. The van der Waals surface area contributed by atoms with Gasteiger partial charge in [0.15, 0.2) is 0 Å². The highest BCUT2D eigenvalue weighted by Gasteiger charge is 2.62. The summed E-state index contributed by atoms with van der Waals surface area (Å²) in [5.41, 5.74) is 0.442. The minimum Gasteiger partial charge on any atom is -0.496 e. The summed E-state index contributed by atoms with van der Waals surface area (Å²) in [4.78, 5) is 13.0. The van der Waals surface area contributed by atoms with Crippen LogP contribution in [-0.4, -0.2) is 53.2 Å². The standard InChI is InChI=1S/C20H23NO6S2/c1-25-14-12-20(19(22)27-3,29(23,24)15-8-5-4-6-9-15)21(13-14)16-10-7-11-17(26-2)18(16)28/h4-11,14,28H,12-13H2,1-3H3/t14-,20+/m0/s1. The van der Waals surface area contributed by atoms with Gasteiger partial charge in [0.05, 0.1) is 35.8 Å². The number of rotatable bonds is 6. The number of thiol groups is 1. The highest BCUT2D eigenvalue weighted by atomic mass is 32.2. The molecule has 1 fully saturated rings. The zero-order valence-electron chi connectivity index (χ0n) is 16.4. The van der Waals surface area contributed by atoms with Crippen LogP contribution >= 0.6 is 12.6 Å². The third-order valence-electron chi connectivity index (χ3n) is 5.15. The zero-order chi connectivity index (χ0) is 21.2. The molecular formula is C20H23NO6S2. The molecule has 0 bridgehead atoms. The molecule has 1 heterocycles. The molecule has 7 nitrogen and oxygen atoms in total. The van der Waals surface area contributed by atoms with Crippen molar-refractivity contribution in [3.63, 3.8) is 0 Å². The van der Waals surface area contributed by atoms with Crippen LogP contribution in [0.25, 0.3) is 0 Å². The molecule has 2 aromatic carbocycles. The summed E-state index contributed by atoms with van der Waals surface area (Å²) in [5, 5.41) is 0. The van der Waals surface area contributed by atoms with E-state index in [9.17, 15) is 13.2 Å². The van der Waals surface area contributed by atoms with Crippen LogP contribution in [0.2, 0.25) is 0 Å². The molecule has 1 aliphatic rings. The predicted molar refractivity (Wildman–Crippen MR) is 111 cm³/mol. The molecule has 0 amide bonds. The van der Waals surface area contributed by atoms with Gasteiger partial charge in [-0.2, -0.15) is 0 Å². The average Bonchev–Trinajstić information content (AvgIpc) is 3.15. The number of carbonyl (C=O) groups is 1. The highest BCUT2D eigenvalue weighted by Crippen LogP contribution is 2.46. The molecule has 1 saturated heterocycles. The first-order chi connectivity index (χ1) is 13.8. The van der Waals surface area contributed by atoms with Gasteiger partial charge in [0, 0.05) is 20.1 Å². The van der Waals surface area contributed by atoms with Gasteiger partial charge in [0.25, 0.3) is 0 Å². The monoisotopic (exact) mass is 437 g/mol. The van der Waals surface area contributed by atoms with Crippen molar-refractivity contribution < 1.29 is 27.4 Å². The SMILES string of the molecule is COC(=O)[C@]1(S(=O)(=O)c2ccccc2)C[C@H](OC)CN1c1cccc(OC)c1S. The zero-order valence-corrected chi connectivity index (χ0v) is 18.1. The van der Waals surface area contributed by atoms with Gasteiger partial charge in [-0.25, -0.2) is 13.2 Å². The number of esters is 1. The Labute approximate surface area is 175 Å². The van der Waals surface area contributed by atoms with Crippen molar-refractivity contribution >= 4 is 34.1 Å². The third kappa shape index (κ3) is 3.37. The van der Waals surface area contributed by atoms with Crippen molar-refractivity contribution in [2.45, 2.75) is 27.2 Å². The van der Waals surface area contributed by atoms with E-state index in [1.807, 2.05) is 0 Å². The Morgan fingerprint density at radius 1 is 1.10 bits per heavy atom. The molecule has 0 N–H and O–H groups in total. The van der Waals surface area contributed by atoms with E-state index in [1.165, 1.54) is 38.4 Å². The van der Waals surface area contributed by atoms with E-state index in [-0.39, 0.29) is 17.9 Å². The summed E-state index contributed by atoms with van der Waals surface area (Å²) in [6.45, 7) is 0.165. The number of anilines is 1. The Morgan fingerprint density at radius 3 is 2.38 bits per heavy atom. The second kappa shape index (κ2) is 8.25. The van der Waals surface area contributed by atoms with Gasteiger partial charge in [-0.05, 0) is 24.3 Å². The Bertz CT molecular complexity index is 995. The number of hydrogen-bond acceptors (Lipinski definition) is 8. The van der Waals surface area contributed by atoms with Crippen LogP contribution in [0.1, 0.15) is 6.42 Å². The van der Waals surface area contributed by atoms with E-state index in [4.69, 9.17) is 14.2 Å². The molecule has 29 heavy (non-hydrogen) atoms. The highest BCUT2D eigenvalue weighted by molar-refractivity contribution is 7.93. The molecule has 0 aromatic heterocycles. The smallest absolute Gasteiger partial charge is 0.348 e. The van der Waals surface area contributed by atoms with Gasteiger partial charge < -0.3 is 19.1 Å². The molecule has 1 aliphatic heterocycles. The van der Waals surface area contributed by atoms with Crippen LogP contribution < -0.4 is 9.64 Å². The largest absolute Gasteiger partial charge is 0.496 e. The van der Waals surface area contributed by atoms with Crippen molar-refractivity contribution in [2.75, 3.05) is 32.8 Å². The Kier molecular flexibility index (Phi) is 6.11. The topological polar surface area (TPSA) is 82.1 Å². The van der Waals surface area contributed by atoms with Crippen molar-refractivity contribution in [3.05, 3.63) is 48.5 Å². The Morgan fingerprint density at radius 2 is 1.79 bits per heavy atom. The molecule has 2 atom stereocenters. The molecule has 0 aliphatic carbocycles. The van der Waals surface area contributed by atoms with E-state index in [0.717, 1.165) is 0 Å². The van der Waals surface area contributed by atoms with E-state index in [2.05, 4.69) is 12.6 Å². The molecule has 0 unspecified atom stereocenters. The molecule has 156 valence electrons. The quantitative estimate of drug-likeness (QED) is 0.549. The fourth-order valence-corrected chi connectivity index (χ4v) is 6.13. The van der Waals surface area contributed by atoms with Crippen molar-refractivity contribution in [3.8, 4) is 5.75 Å². The summed E-state index contributed by atoms with van der Waals surface area (Å²) < 4.78 is 43.4. The maximum atomic E-state index is 13.8. The van der Waals surface area contributed by atoms with Gasteiger partial charge in [-0.15, -0.1) is 12.6 Å².